The normalized spacial score (nSPS) is 18.6. The van der Waals surface area contributed by atoms with E-state index in [0.29, 0.717) is 31.9 Å². The number of carbonyl (C=O) groups is 2. The SMILES string of the molecule is Cc1cnc(N2CCN(C(=O)c3ccc(N4C(=O)OC[C@H]4C)cc3F)CC2)c(F)c1.Cl. The Hall–Kier alpha value is -2.94. The van der Waals surface area contributed by atoms with E-state index in [1.54, 1.807) is 31.0 Å². The molecule has 0 N–H and O–H groups in total. The lowest BCUT2D eigenvalue weighted by molar-refractivity contribution is 0.0741. The Labute approximate surface area is 185 Å². The quantitative estimate of drug-likeness (QED) is 0.714. The third-order valence-electron chi connectivity index (χ3n) is 5.37. The lowest BCUT2D eigenvalue weighted by atomic mass is 10.1. The maximum absolute atomic E-state index is 14.7. The number of aryl methyl sites for hydroxylation is 1. The number of cyclic esters (lactones) is 1. The van der Waals surface area contributed by atoms with Gasteiger partial charge in [-0.05, 0) is 43.7 Å². The van der Waals surface area contributed by atoms with E-state index in [2.05, 4.69) is 4.98 Å². The zero-order chi connectivity index (χ0) is 21.4. The van der Waals surface area contributed by atoms with Crippen LogP contribution in [-0.4, -0.2) is 60.7 Å². The molecule has 10 heteroatoms. The summed E-state index contributed by atoms with van der Waals surface area (Å²) < 4.78 is 33.8. The van der Waals surface area contributed by atoms with Crippen LogP contribution < -0.4 is 9.80 Å². The lowest BCUT2D eigenvalue weighted by Gasteiger charge is -2.35. The minimum Gasteiger partial charge on any atom is -0.447 e. The molecule has 31 heavy (non-hydrogen) atoms. The number of piperazine rings is 1. The molecule has 2 aliphatic heterocycles. The van der Waals surface area contributed by atoms with Crippen molar-refractivity contribution in [2.75, 3.05) is 42.6 Å². The second-order valence-electron chi connectivity index (χ2n) is 7.56. The van der Waals surface area contributed by atoms with Crippen molar-refractivity contribution in [3.63, 3.8) is 0 Å². The second kappa shape index (κ2) is 9.05. The maximum Gasteiger partial charge on any atom is 0.414 e. The molecule has 3 heterocycles. The molecule has 0 bridgehead atoms. The molecule has 0 unspecified atom stereocenters. The zero-order valence-corrected chi connectivity index (χ0v) is 18.0. The first-order valence-corrected chi connectivity index (χ1v) is 9.77. The Morgan fingerprint density at radius 2 is 1.84 bits per heavy atom. The number of hydrogen-bond donors (Lipinski definition) is 0. The summed E-state index contributed by atoms with van der Waals surface area (Å²) >= 11 is 0. The molecule has 4 rings (SSSR count). The van der Waals surface area contributed by atoms with Gasteiger partial charge in [-0.25, -0.2) is 18.6 Å². The van der Waals surface area contributed by atoms with E-state index in [0.717, 1.165) is 5.56 Å². The first-order valence-electron chi connectivity index (χ1n) is 9.77. The highest BCUT2D eigenvalue weighted by Crippen LogP contribution is 2.26. The van der Waals surface area contributed by atoms with Crippen molar-refractivity contribution in [3.05, 3.63) is 53.2 Å². The summed E-state index contributed by atoms with van der Waals surface area (Å²) in [5.41, 5.74) is 1.03. The van der Waals surface area contributed by atoms with Crippen LogP contribution in [0.2, 0.25) is 0 Å². The van der Waals surface area contributed by atoms with Gasteiger partial charge in [0.05, 0.1) is 17.3 Å². The van der Waals surface area contributed by atoms with E-state index in [4.69, 9.17) is 4.74 Å². The topological polar surface area (TPSA) is 66.0 Å². The van der Waals surface area contributed by atoms with E-state index in [1.807, 2.05) is 0 Å². The molecule has 0 aliphatic carbocycles. The highest BCUT2D eigenvalue weighted by atomic mass is 35.5. The Bertz CT molecular complexity index is 999. The molecule has 2 aliphatic rings. The number of ether oxygens (including phenoxy) is 1. The van der Waals surface area contributed by atoms with Gasteiger partial charge in [0.15, 0.2) is 11.6 Å². The summed E-state index contributed by atoms with van der Waals surface area (Å²) in [5, 5.41) is 0. The standard InChI is InChI=1S/C21H22F2N4O3.ClH/c1-13-9-18(23)19(24-11-13)25-5-7-26(8-6-25)20(28)16-4-3-15(10-17(16)22)27-14(2)12-30-21(27)29;/h3-4,9-11,14H,5-8,12H2,1-2H3;1H/t14-;/m1./s1. The van der Waals surface area contributed by atoms with Crippen molar-refractivity contribution >= 4 is 35.9 Å². The van der Waals surface area contributed by atoms with E-state index >= 15 is 0 Å². The van der Waals surface area contributed by atoms with Crippen molar-refractivity contribution in [1.29, 1.82) is 0 Å². The van der Waals surface area contributed by atoms with Crippen LogP contribution in [0, 0.1) is 18.6 Å². The van der Waals surface area contributed by atoms with Gasteiger partial charge < -0.3 is 14.5 Å². The second-order valence-corrected chi connectivity index (χ2v) is 7.56. The van der Waals surface area contributed by atoms with Gasteiger partial charge in [0.25, 0.3) is 5.91 Å². The van der Waals surface area contributed by atoms with Crippen LogP contribution in [0.5, 0.6) is 0 Å². The average molecular weight is 453 g/mol. The van der Waals surface area contributed by atoms with Crippen molar-refractivity contribution < 1.29 is 23.1 Å². The van der Waals surface area contributed by atoms with E-state index in [9.17, 15) is 18.4 Å². The number of anilines is 2. The average Bonchev–Trinajstić information content (AvgIpc) is 3.06. The molecule has 1 aromatic heterocycles. The van der Waals surface area contributed by atoms with Gasteiger partial charge in [-0.15, -0.1) is 12.4 Å². The van der Waals surface area contributed by atoms with Gasteiger partial charge in [-0.3, -0.25) is 9.69 Å². The number of halogens is 3. The third kappa shape index (κ3) is 4.41. The Balaban J connectivity index is 0.00000272. The Kier molecular flexibility index (Phi) is 6.64. The largest absolute Gasteiger partial charge is 0.447 e. The fourth-order valence-corrected chi connectivity index (χ4v) is 3.75. The number of carbonyl (C=O) groups excluding carboxylic acids is 2. The zero-order valence-electron chi connectivity index (χ0n) is 17.2. The van der Waals surface area contributed by atoms with Crippen molar-refractivity contribution in [2.45, 2.75) is 19.9 Å². The predicted octanol–water partition coefficient (Wildman–Crippen LogP) is 3.40. The molecule has 0 radical (unpaired) electrons. The monoisotopic (exact) mass is 452 g/mol. The summed E-state index contributed by atoms with van der Waals surface area (Å²) in [5.74, 6) is -1.27. The Morgan fingerprint density at radius 1 is 1.13 bits per heavy atom. The fourth-order valence-electron chi connectivity index (χ4n) is 3.75. The molecule has 2 aromatic rings. The molecule has 2 amide bonds. The van der Waals surface area contributed by atoms with E-state index in [1.165, 1.54) is 28.0 Å². The maximum atomic E-state index is 14.7. The molecule has 166 valence electrons. The van der Waals surface area contributed by atoms with Crippen LogP contribution in [0.4, 0.5) is 25.1 Å². The number of amides is 2. The third-order valence-corrected chi connectivity index (χ3v) is 5.37. The highest BCUT2D eigenvalue weighted by molar-refractivity contribution is 5.96. The number of pyridine rings is 1. The molecular formula is C21H23ClF2N4O3. The number of rotatable bonds is 3. The van der Waals surface area contributed by atoms with Crippen LogP contribution in [0.25, 0.3) is 0 Å². The molecule has 1 aromatic carbocycles. The van der Waals surface area contributed by atoms with Gasteiger partial charge in [0, 0.05) is 32.4 Å². The fraction of sp³-hybridized carbons (Fsp3) is 0.381. The molecule has 1 atom stereocenters. The molecule has 7 nitrogen and oxygen atoms in total. The van der Waals surface area contributed by atoms with Crippen LogP contribution in [0.3, 0.4) is 0 Å². The van der Waals surface area contributed by atoms with Gasteiger partial charge in [0.1, 0.15) is 12.4 Å². The molecule has 2 saturated heterocycles. The predicted molar refractivity (Wildman–Crippen MR) is 114 cm³/mol. The summed E-state index contributed by atoms with van der Waals surface area (Å²) in [6.45, 7) is 5.25. The molecule has 0 saturated carbocycles. The van der Waals surface area contributed by atoms with Crippen LogP contribution in [0.1, 0.15) is 22.8 Å². The first-order chi connectivity index (χ1) is 14.3. The van der Waals surface area contributed by atoms with Crippen molar-refractivity contribution in [1.82, 2.24) is 9.88 Å². The Morgan fingerprint density at radius 3 is 2.42 bits per heavy atom. The minimum absolute atomic E-state index is 0. The summed E-state index contributed by atoms with van der Waals surface area (Å²) in [4.78, 5) is 33.5. The van der Waals surface area contributed by atoms with Crippen LogP contribution in [-0.2, 0) is 4.74 Å². The van der Waals surface area contributed by atoms with E-state index in [-0.39, 0.29) is 36.4 Å². The van der Waals surface area contributed by atoms with Crippen molar-refractivity contribution in [2.24, 2.45) is 0 Å². The van der Waals surface area contributed by atoms with E-state index < -0.39 is 23.6 Å². The summed E-state index contributed by atoms with van der Waals surface area (Å²) in [6, 6.07) is 5.33. The van der Waals surface area contributed by atoms with Gasteiger partial charge in [-0.1, -0.05) is 0 Å². The molecule has 0 spiro atoms. The number of benzene rings is 1. The molecular weight excluding hydrogens is 430 g/mol. The lowest BCUT2D eigenvalue weighted by Crippen LogP contribution is -2.49. The smallest absolute Gasteiger partial charge is 0.414 e. The number of aromatic nitrogens is 1. The number of nitrogens with zero attached hydrogens (tertiary/aromatic N) is 4. The van der Waals surface area contributed by atoms with Crippen molar-refractivity contribution in [3.8, 4) is 0 Å². The highest BCUT2D eigenvalue weighted by Gasteiger charge is 2.32. The minimum atomic E-state index is -0.696. The number of hydrogen-bond acceptors (Lipinski definition) is 5. The van der Waals surface area contributed by atoms with Crippen LogP contribution >= 0.6 is 12.4 Å². The molecule has 2 fully saturated rings. The summed E-state index contributed by atoms with van der Waals surface area (Å²) in [6.07, 6.45) is 1.07. The summed E-state index contributed by atoms with van der Waals surface area (Å²) in [7, 11) is 0. The van der Waals surface area contributed by atoms with Gasteiger partial charge in [0.2, 0.25) is 0 Å². The first kappa shape index (κ1) is 22.7. The van der Waals surface area contributed by atoms with Gasteiger partial charge in [-0.2, -0.15) is 0 Å². The van der Waals surface area contributed by atoms with Crippen LogP contribution in [0.15, 0.2) is 30.5 Å². The van der Waals surface area contributed by atoms with Gasteiger partial charge >= 0.3 is 6.09 Å².